The zero-order chi connectivity index (χ0) is 10.7. The number of nitrogens with zero attached hydrogens (tertiary/aromatic N) is 1. The first kappa shape index (κ1) is 11.5. The fraction of sp³-hybridized carbons (Fsp3) is 0.375. The number of aromatic nitrogens is 1. The van der Waals surface area contributed by atoms with Crippen LogP contribution in [-0.2, 0) is 5.88 Å². The van der Waals surface area contributed by atoms with E-state index in [-0.39, 0.29) is 27.9 Å². The first-order chi connectivity index (χ1) is 6.61. The van der Waals surface area contributed by atoms with Gasteiger partial charge in [-0.15, -0.1) is 11.6 Å². The highest BCUT2D eigenvalue weighted by Gasteiger charge is 2.21. The lowest BCUT2D eigenvalue weighted by atomic mass is 10.1. The molecule has 2 nitrogen and oxygen atoms in total. The minimum absolute atomic E-state index is 0.0831. The Morgan fingerprint density at radius 3 is 2.64 bits per heavy atom. The summed E-state index contributed by atoms with van der Waals surface area (Å²) in [6, 6.07) is 0. The van der Waals surface area contributed by atoms with Crippen LogP contribution in [0.2, 0.25) is 5.02 Å². The molecule has 0 aliphatic heterocycles. The summed E-state index contributed by atoms with van der Waals surface area (Å²) in [5.74, 6) is -0.0316. The molecule has 14 heavy (non-hydrogen) atoms. The maximum atomic E-state index is 12.6. The highest BCUT2D eigenvalue weighted by molar-refractivity contribution is 6.31. The molecule has 0 saturated heterocycles. The van der Waals surface area contributed by atoms with E-state index in [2.05, 4.69) is 4.98 Å². The van der Waals surface area contributed by atoms with E-state index in [1.165, 1.54) is 7.11 Å². The van der Waals surface area contributed by atoms with Crippen LogP contribution in [0.1, 0.15) is 17.6 Å². The highest BCUT2D eigenvalue weighted by Crippen LogP contribution is 2.34. The van der Waals surface area contributed by atoms with Crippen molar-refractivity contribution in [2.75, 3.05) is 7.11 Å². The second kappa shape index (κ2) is 4.75. The van der Waals surface area contributed by atoms with Crippen LogP contribution in [-0.4, -0.2) is 12.1 Å². The van der Waals surface area contributed by atoms with Crippen LogP contribution < -0.4 is 4.74 Å². The molecule has 0 radical (unpaired) electrons. The lowest BCUT2D eigenvalue weighted by Gasteiger charge is -2.11. The first-order valence-corrected chi connectivity index (χ1v) is 4.58. The van der Waals surface area contributed by atoms with Crippen molar-refractivity contribution < 1.29 is 13.5 Å². The fourth-order valence-electron chi connectivity index (χ4n) is 1.06. The van der Waals surface area contributed by atoms with Gasteiger partial charge in [-0.2, -0.15) is 0 Å². The zero-order valence-corrected chi connectivity index (χ0v) is 8.74. The summed E-state index contributed by atoms with van der Waals surface area (Å²) in [6.07, 6.45) is -1.56. The van der Waals surface area contributed by atoms with E-state index in [0.29, 0.717) is 0 Å². The predicted octanol–water partition coefficient (Wildman–Crippen LogP) is 3.42. The van der Waals surface area contributed by atoms with Gasteiger partial charge >= 0.3 is 0 Å². The Bertz CT molecular complexity index is 333. The Morgan fingerprint density at radius 1 is 1.57 bits per heavy atom. The van der Waals surface area contributed by atoms with Gasteiger partial charge in [0.15, 0.2) is 0 Å². The molecule has 0 spiro atoms. The maximum absolute atomic E-state index is 12.6. The van der Waals surface area contributed by atoms with E-state index in [1.807, 2.05) is 0 Å². The Balaban J connectivity index is 3.35. The van der Waals surface area contributed by atoms with Crippen LogP contribution in [0.5, 0.6) is 5.88 Å². The lowest BCUT2D eigenvalue weighted by molar-refractivity contribution is 0.150. The lowest BCUT2D eigenvalue weighted by Crippen LogP contribution is -2.00. The molecule has 0 N–H and O–H groups in total. The monoisotopic (exact) mass is 241 g/mol. The topological polar surface area (TPSA) is 22.1 Å². The molecule has 6 heteroatoms. The van der Waals surface area contributed by atoms with E-state index < -0.39 is 6.43 Å². The van der Waals surface area contributed by atoms with Gasteiger partial charge in [-0.25, -0.2) is 13.8 Å². The standard InChI is InChI=1S/C8H7Cl2F2NO/c1-14-8-4(2-9)6(7(11)12)5(10)3-13-8/h3,7H,2H2,1H3. The summed E-state index contributed by atoms with van der Waals surface area (Å²) in [5, 5.41) is -0.101. The van der Waals surface area contributed by atoms with Crippen molar-refractivity contribution in [3.05, 3.63) is 22.3 Å². The molecule has 0 atom stereocenters. The van der Waals surface area contributed by atoms with Crippen LogP contribution in [0.3, 0.4) is 0 Å². The molecule has 0 aromatic carbocycles. The van der Waals surface area contributed by atoms with Crippen LogP contribution in [0.15, 0.2) is 6.20 Å². The van der Waals surface area contributed by atoms with Gasteiger partial charge in [0.2, 0.25) is 5.88 Å². The zero-order valence-electron chi connectivity index (χ0n) is 7.23. The second-order valence-electron chi connectivity index (χ2n) is 2.44. The molecule has 0 aliphatic carbocycles. The summed E-state index contributed by atoms with van der Waals surface area (Å²) < 4.78 is 29.9. The van der Waals surface area contributed by atoms with Gasteiger partial charge in [0, 0.05) is 11.1 Å². The van der Waals surface area contributed by atoms with E-state index in [0.717, 1.165) is 6.20 Å². The predicted molar refractivity (Wildman–Crippen MR) is 50.3 cm³/mol. The Morgan fingerprint density at radius 2 is 2.21 bits per heavy atom. The van der Waals surface area contributed by atoms with Crippen molar-refractivity contribution in [3.8, 4) is 5.88 Å². The minimum atomic E-state index is -2.69. The highest BCUT2D eigenvalue weighted by atomic mass is 35.5. The van der Waals surface area contributed by atoms with Gasteiger partial charge in [-0.3, -0.25) is 0 Å². The third-order valence-electron chi connectivity index (χ3n) is 1.68. The van der Waals surface area contributed by atoms with Crippen LogP contribution in [0.4, 0.5) is 8.78 Å². The normalized spacial score (nSPS) is 10.7. The number of halogens is 4. The number of alkyl halides is 3. The molecule has 1 aromatic heterocycles. The van der Waals surface area contributed by atoms with Gasteiger partial charge in [-0.05, 0) is 0 Å². The van der Waals surface area contributed by atoms with Gasteiger partial charge in [-0.1, -0.05) is 11.6 Å². The molecule has 1 heterocycles. The van der Waals surface area contributed by atoms with Gasteiger partial charge in [0.25, 0.3) is 6.43 Å². The molecular formula is C8H7Cl2F2NO. The molecule has 0 amide bonds. The molecule has 1 aromatic rings. The summed E-state index contributed by atoms with van der Waals surface area (Å²) in [4.78, 5) is 3.74. The van der Waals surface area contributed by atoms with Gasteiger partial charge in [0.05, 0.1) is 24.2 Å². The molecule has 78 valence electrons. The molecular weight excluding hydrogens is 235 g/mol. The van der Waals surface area contributed by atoms with Crippen molar-refractivity contribution in [1.82, 2.24) is 4.98 Å². The summed E-state index contributed by atoms with van der Waals surface area (Å²) in [7, 11) is 1.33. The molecule has 0 fully saturated rings. The Labute approximate surface area is 89.8 Å². The molecule has 1 rings (SSSR count). The van der Waals surface area contributed by atoms with Crippen LogP contribution >= 0.6 is 23.2 Å². The van der Waals surface area contributed by atoms with Crippen molar-refractivity contribution in [2.24, 2.45) is 0 Å². The number of hydrogen-bond donors (Lipinski definition) is 0. The first-order valence-electron chi connectivity index (χ1n) is 3.67. The van der Waals surface area contributed by atoms with Crippen molar-refractivity contribution in [3.63, 3.8) is 0 Å². The van der Waals surface area contributed by atoms with Gasteiger partial charge < -0.3 is 4.74 Å². The van der Waals surface area contributed by atoms with Gasteiger partial charge in [0.1, 0.15) is 0 Å². The largest absolute Gasteiger partial charge is 0.481 e. The van der Waals surface area contributed by atoms with Crippen molar-refractivity contribution in [2.45, 2.75) is 12.3 Å². The number of hydrogen-bond acceptors (Lipinski definition) is 2. The number of methoxy groups -OCH3 is 1. The molecule has 0 saturated carbocycles. The smallest absolute Gasteiger partial charge is 0.265 e. The maximum Gasteiger partial charge on any atom is 0.265 e. The number of ether oxygens (including phenoxy) is 1. The Hall–Kier alpha value is -0.610. The van der Waals surface area contributed by atoms with E-state index >= 15 is 0 Å². The van der Waals surface area contributed by atoms with Crippen LogP contribution in [0.25, 0.3) is 0 Å². The molecule has 0 aliphatic rings. The van der Waals surface area contributed by atoms with E-state index in [9.17, 15) is 8.78 Å². The summed E-state index contributed by atoms with van der Waals surface area (Å²) in [6.45, 7) is 0. The number of pyridine rings is 1. The minimum Gasteiger partial charge on any atom is -0.481 e. The van der Waals surface area contributed by atoms with E-state index in [1.54, 1.807) is 0 Å². The Kier molecular flexibility index (Phi) is 3.89. The third-order valence-corrected chi connectivity index (χ3v) is 2.25. The van der Waals surface area contributed by atoms with Crippen molar-refractivity contribution in [1.29, 1.82) is 0 Å². The number of rotatable bonds is 3. The summed E-state index contributed by atoms with van der Waals surface area (Å²) >= 11 is 11.1. The molecule has 0 unspecified atom stereocenters. The average Bonchev–Trinajstić information content (AvgIpc) is 2.16. The van der Waals surface area contributed by atoms with Crippen LogP contribution in [0, 0.1) is 0 Å². The summed E-state index contributed by atoms with van der Waals surface area (Å²) in [5.41, 5.74) is -0.176. The van der Waals surface area contributed by atoms with E-state index in [4.69, 9.17) is 27.9 Å². The fourth-order valence-corrected chi connectivity index (χ4v) is 1.57. The van der Waals surface area contributed by atoms with Crippen molar-refractivity contribution >= 4 is 23.2 Å². The third kappa shape index (κ3) is 2.07. The SMILES string of the molecule is COc1ncc(Cl)c(C(F)F)c1CCl. The quantitative estimate of drug-likeness (QED) is 0.757. The average molecular weight is 242 g/mol. The molecule has 0 bridgehead atoms. The second-order valence-corrected chi connectivity index (χ2v) is 3.12.